The molecule has 0 aromatic heterocycles. The van der Waals surface area contributed by atoms with Crippen LogP contribution in [0.5, 0.6) is 0 Å². The van der Waals surface area contributed by atoms with Gasteiger partial charge in [-0.05, 0) is 53.6 Å². The molecule has 1 unspecified atom stereocenters. The molecule has 2 amide bonds. The molecule has 1 heterocycles. The number of carboxylic acids is 1. The van der Waals surface area contributed by atoms with Crippen molar-refractivity contribution in [2.24, 2.45) is 0 Å². The first-order valence-electron chi connectivity index (χ1n) is 7.83. The molecule has 1 aliphatic rings. The predicted molar refractivity (Wildman–Crippen MR) is 82.4 cm³/mol. The van der Waals surface area contributed by atoms with Crippen LogP contribution in [-0.2, 0) is 4.79 Å². The maximum Gasteiger partial charge on any atom is 0.329 e. The summed E-state index contributed by atoms with van der Waals surface area (Å²) >= 11 is 0. The smallest absolute Gasteiger partial charge is 0.329 e. The SMILES string of the molecule is CCN(C(=O)NCC(C)N1CCCCC1)C(C)(C)C(=O)O. The van der Waals surface area contributed by atoms with Gasteiger partial charge in [-0.15, -0.1) is 0 Å². The predicted octanol–water partition coefficient (Wildman–Crippen LogP) is 1.76. The first-order chi connectivity index (χ1) is 9.80. The van der Waals surface area contributed by atoms with Crippen LogP contribution >= 0.6 is 0 Å². The number of carbonyl (C=O) groups excluding carboxylic acids is 1. The summed E-state index contributed by atoms with van der Waals surface area (Å²) < 4.78 is 0. The van der Waals surface area contributed by atoms with Gasteiger partial charge in [-0.2, -0.15) is 0 Å². The Bertz CT molecular complexity index is 365. The molecule has 21 heavy (non-hydrogen) atoms. The minimum atomic E-state index is -1.20. The fourth-order valence-corrected chi connectivity index (χ4v) is 2.73. The van der Waals surface area contributed by atoms with Crippen LogP contribution in [-0.4, -0.2) is 64.7 Å². The number of rotatable bonds is 6. The lowest BCUT2D eigenvalue weighted by Gasteiger charge is -2.36. The average Bonchev–Trinajstić information content (AvgIpc) is 2.46. The number of nitrogens with one attached hydrogen (secondary N) is 1. The quantitative estimate of drug-likeness (QED) is 0.784. The Morgan fingerprint density at radius 1 is 1.29 bits per heavy atom. The lowest BCUT2D eigenvalue weighted by Crippen LogP contribution is -2.57. The Labute approximate surface area is 127 Å². The van der Waals surface area contributed by atoms with Crippen molar-refractivity contribution in [3.8, 4) is 0 Å². The minimum absolute atomic E-state index is 0.279. The number of aliphatic carboxylic acids is 1. The normalized spacial score (nSPS) is 18.1. The Hall–Kier alpha value is -1.30. The summed E-state index contributed by atoms with van der Waals surface area (Å²) in [6, 6.07) is -0.0327. The van der Waals surface area contributed by atoms with Gasteiger partial charge < -0.3 is 15.3 Å². The van der Waals surface area contributed by atoms with E-state index in [9.17, 15) is 14.7 Å². The second-order valence-corrected chi connectivity index (χ2v) is 6.24. The summed E-state index contributed by atoms with van der Waals surface area (Å²) in [5.74, 6) is -0.997. The summed E-state index contributed by atoms with van der Waals surface area (Å²) in [4.78, 5) is 27.3. The third kappa shape index (κ3) is 4.59. The zero-order valence-electron chi connectivity index (χ0n) is 13.7. The zero-order chi connectivity index (χ0) is 16.0. The molecule has 1 saturated heterocycles. The van der Waals surface area contributed by atoms with Gasteiger partial charge in [-0.3, -0.25) is 4.90 Å². The number of urea groups is 1. The van der Waals surface area contributed by atoms with Gasteiger partial charge in [0.2, 0.25) is 0 Å². The first kappa shape index (κ1) is 17.8. The molecule has 0 aromatic carbocycles. The van der Waals surface area contributed by atoms with Crippen molar-refractivity contribution in [2.45, 2.75) is 58.5 Å². The second-order valence-electron chi connectivity index (χ2n) is 6.24. The second kappa shape index (κ2) is 7.64. The number of amides is 2. The van der Waals surface area contributed by atoms with Gasteiger partial charge in [0, 0.05) is 19.1 Å². The van der Waals surface area contributed by atoms with Gasteiger partial charge in [-0.1, -0.05) is 6.42 Å². The zero-order valence-corrected chi connectivity index (χ0v) is 13.7. The molecule has 0 radical (unpaired) electrons. The van der Waals surface area contributed by atoms with Crippen molar-refractivity contribution >= 4 is 12.0 Å². The maximum atomic E-state index is 12.2. The molecule has 2 N–H and O–H groups in total. The monoisotopic (exact) mass is 299 g/mol. The number of nitrogens with zero attached hydrogens (tertiary/aromatic N) is 2. The van der Waals surface area contributed by atoms with E-state index in [0.717, 1.165) is 13.1 Å². The van der Waals surface area contributed by atoms with Crippen LogP contribution in [0.2, 0.25) is 0 Å². The fourth-order valence-electron chi connectivity index (χ4n) is 2.73. The third-order valence-electron chi connectivity index (χ3n) is 4.32. The number of likely N-dealkylation sites (N-methyl/N-ethyl adjacent to an activating group) is 1. The number of hydrogen-bond acceptors (Lipinski definition) is 3. The van der Waals surface area contributed by atoms with E-state index in [1.165, 1.54) is 24.2 Å². The molecule has 1 fully saturated rings. The highest BCUT2D eigenvalue weighted by Crippen LogP contribution is 2.15. The molecule has 1 rings (SSSR count). The lowest BCUT2D eigenvalue weighted by molar-refractivity contribution is -0.147. The van der Waals surface area contributed by atoms with Gasteiger partial charge in [-0.25, -0.2) is 9.59 Å². The van der Waals surface area contributed by atoms with Crippen molar-refractivity contribution in [2.75, 3.05) is 26.2 Å². The highest BCUT2D eigenvalue weighted by Gasteiger charge is 2.37. The van der Waals surface area contributed by atoms with Crippen molar-refractivity contribution in [3.05, 3.63) is 0 Å². The highest BCUT2D eigenvalue weighted by molar-refractivity contribution is 5.85. The van der Waals surface area contributed by atoms with Gasteiger partial charge in [0.15, 0.2) is 0 Å². The van der Waals surface area contributed by atoms with Crippen LogP contribution in [0.4, 0.5) is 4.79 Å². The molecule has 0 spiro atoms. The largest absolute Gasteiger partial charge is 0.480 e. The molecular formula is C15H29N3O3. The molecule has 0 bridgehead atoms. The molecule has 6 nitrogen and oxygen atoms in total. The topological polar surface area (TPSA) is 72.9 Å². The van der Waals surface area contributed by atoms with Crippen molar-refractivity contribution in [1.29, 1.82) is 0 Å². The number of likely N-dealkylation sites (tertiary alicyclic amines) is 1. The molecule has 0 aliphatic carbocycles. The van der Waals surface area contributed by atoms with Gasteiger partial charge in [0.25, 0.3) is 0 Å². The number of piperidine rings is 1. The van der Waals surface area contributed by atoms with Crippen LogP contribution in [0.25, 0.3) is 0 Å². The molecule has 1 atom stereocenters. The van der Waals surface area contributed by atoms with E-state index in [1.54, 1.807) is 20.8 Å². The summed E-state index contributed by atoms with van der Waals surface area (Å²) in [5, 5.41) is 12.1. The Morgan fingerprint density at radius 2 is 1.86 bits per heavy atom. The molecule has 1 aliphatic heterocycles. The summed E-state index contributed by atoms with van der Waals surface area (Å²) in [7, 11) is 0. The summed E-state index contributed by atoms with van der Waals surface area (Å²) in [6.07, 6.45) is 3.71. The molecule has 0 aromatic rings. The molecular weight excluding hydrogens is 270 g/mol. The lowest BCUT2D eigenvalue weighted by atomic mass is 10.0. The van der Waals surface area contributed by atoms with Crippen LogP contribution in [0, 0.1) is 0 Å². The van der Waals surface area contributed by atoms with E-state index < -0.39 is 11.5 Å². The fraction of sp³-hybridized carbons (Fsp3) is 0.867. The maximum absolute atomic E-state index is 12.2. The van der Waals surface area contributed by atoms with Crippen molar-refractivity contribution in [3.63, 3.8) is 0 Å². The Morgan fingerprint density at radius 3 is 2.33 bits per heavy atom. The molecule has 122 valence electrons. The first-order valence-corrected chi connectivity index (χ1v) is 7.83. The third-order valence-corrected chi connectivity index (χ3v) is 4.32. The van der Waals surface area contributed by atoms with E-state index >= 15 is 0 Å². The number of hydrogen-bond donors (Lipinski definition) is 2. The van der Waals surface area contributed by atoms with E-state index in [4.69, 9.17) is 0 Å². The molecule has 0 saturated carbocycles. The highest BCUT2D eigenvalue weighted by atomic mass is 16.4. The van der Waals surface area contributed by atoms with Crippen LogP contribution < -0.4 is 5.32 Å². The van der Waals surface area contributed by atoms with Crippen molar-refractivity contribution < 1.29 is 14.7 Å². The molecule has 6 heteroatoms. The summed E-state index contributed by atoms with van der Waals surface area (Å²) in [6.45, 7) is 10.1. The van der Waals surface area contributed by atoms with Gasteiger partial charge in [0.1, 0.15) is 5.54 Å². The Balaban J connectivity index is 2.52. The Kier molecular flexibility index (Phi) is 6.45. The van der Waals surface area contributed by atoms with E-state index in [0.29, 0.717) is 13.1 Å². The van der Waals surface area contributed by atoms with Gasteiger partial charge in [0.05, 0.1) is 0 Å². The number of carboxylic acid groups (broad SMARTS) is 1. The van der Waals surface area contributed by atoms with Crippen LogP contribution in [0.15, 0.2) is 0 Å². The van der Waals surface area contributed by atoms with E-state index in [2.05, 4.69) is 17.1 Å². The van der Waals surface area contributed by atoms with Crippen molar-refractivity contribution in [1.82, 2.24) is 15.1 Å². The average molecular weight is 299 g/mol. The standard InChI is InChI=1S/C15H29N3O3/c1-5-18(15(3,4)13(19)20)14(21)16-11-12(2)17-9-7-6-8-10-17/h12H,5-11H2,1-4H3,(H,16,21)(H,19,20). The van der Waals surface area contributed by atoms with Crippen LogP contribution in [0.3, 0.4) is 0 Å². The van der Waals surface area contributed by atoms with E-state index in [1.807, 2.05) is 0 Å². The van der Waals surface area contributed by atoms with E-state index in [-0.39, 0.29) is 12.1 Å². The van der Waals surface area contributed by atoms with Gasteiger partial charge >= 0.3 is 12.0 Å². The minimum Gasteiger partial charge on any atom is -0.480 e. The van der Waals surface area contributed by atoms with Crippen LogP contribution in [0.1, 0.15) is 47.0 Å². The summed E-state index contributed by atoms with van der Waals surface area (Å²) in [5.41, 5.74) is -1.20. The number of carbonyl (C=O) groups is 2.